The molecule has 1 amide bonds. The Morgan fingerprint density at radius 2 is 1.64 bits per heavy atom. The van der Waals surface area contributed by atoms with Crippen LogP contribution in [0.1, 0.15) is 6.92 Å². The topological polar surface area (TPSA) is 84.5 Å². The van der Waals surface area contributed by atoms with Gasteiger partial charge in [-0.2, -0.15) is 0 Å². The van der Waals surface area contributed by atoms with Gasteiger partial charge in [-0.3, -0.25) is 9.52 Å². The number of halogens is 2. The Labute approximate surface area is 156 Å². The molecule has 0 heterocycles. The molecule has 0 fully saturated rings. The summed E-state index contributed by atoms with van der Waals surface area (Å²) in [7, 11) is -3.35. The molecule has 0 aliphatic carbocycles. The Kier molecular flexibility index (Phi) is 6.16. The van der Waals surface area contributed by atoms with Gasteiger partial charge in [0, 0.05) is 17.4 Å². The zero-order valence-corrected chi connectivity index (χ0v) is 15.7. The molecule has 0 aliphatic rings. The minimum atomic E-state index is -3.35. The van der Waals surface area contributed by atoms with Crippen LogP contribution in [0.15, 0.2) is 42.5 Å². The van der Waals surface area contributed by atoms with E-state index in [1.807, 2.05) is 0 Å². The number of hydrogen-bond acceptors (Lipinski definition) is 4. The van der Waals surface area contributed by atoms with E-state index in [0.29, 0.717) is 27.2 Å². The van der Waals surface area contributed by atoms with Gasteiger partial charge >= 0.3 is 0 Å². The monoisotopic (exact) mass is 402 g/mol. The standard InChI is InChI=1S/C16H16Cl2N2O4S/c1-10(24-13-7-8-14(17)15(18)9-13)16(21)19-11-3-5-12(6-4-11)20-25(2,22)23/h3-10,20H,1-2H3,(H,19,21). The van der Waals surface area contributed by atoms with Gasteiger partial charge in [-0.1, -0.05) is 23.2 Å². The quantitative estimate of drug-likeness (QED) is 0.769. The maximum atomic E-state index is 12.2. The second-order valence-corrected chi connectivity index (χ2v) is 7.84. The van der Waals surface area contributed by atoms with Crippen LogP contribution in [0.4, 0.5) is 11.4 Å². The van der Waals surface area contributed by atoms with Crippen LogP contribution in [0, 0.1) is 0 Å². The third-order valence-corrected chi connectivity index (χ3v) is 4.37. The number of carbonyl (C=O) groups is 1. The average molecular weight is 403 g/mol. The largest absolute Gasteiger partial charge is 0.481 e. The summed E-state index contributed by atoms with van der Waals surface area (Å²) in [6.07, 6.45) is 0.288. The van der Waals surface area contributed by atoms with Gasteiger partial charge in [0.15, 0.2) is 6.10 Å². The lowest BCUT2D eigenvalue weighted by Crippen LogP contribution is -2.30. The fraction of sp³-hybridized carbons (Fsp3) is 0.188. The van der Waals surface area contributed by atoms with Gasteiger partial charge in [0.05, 0.1) is 16.3 Å². The first kappa shape index (κ1) is 19.4. The van der Waals surface area contributed by atoms with Gasteiger partial charge in [-0.15, -0.1) is 0 Å². The Morgan fingerprint density at radius 1 is 1.04 bits per heavy atom. The molecule has 1 atom stereocenters. The SMILES string of the molecule is CC(Oc1ccc(Cl)c(Cl)c1)C(=O)Nc1ccc(NS(C)(=O)=O)cc1. The van der Waals surface area contributed by atoms with Crippen LogP contribution in [0.2, 0.25) is 10.0 Å². The smallest absolute Gasteiger partial charge is 0.265 e. The fourth-order valence-electron chi connectivity index (χ4n) is 1.89. The molecular weight excluding hydrogens is 387 g/mol. The normalized spacial score (nSPS) is 12.3. The van der Waals surface area contributed by atoms with Crippen LogP contribution in [-0.4, -0.2) is 26.7 Å². The van der Waals surface area contributed by atoms with Gasteiger partial charge in [0.1, 0.15) is 5.75 Å². The first-order valence-corrected chi connectivity index (χ1v) is 9.79. The summed E-state index contributed by atoms with van der Waals surface area (Å²) in [6, 6.07) is 11.0. The highest BCUT2D eigenvalue weighted by Crippen LogP contribution is 2.27. The van der Waals surface area contributed by atoms with Crippen molar-refractivity contribution in [1.82, 2.24) is 0 Å². The van der Waals surface area contributed by atoms with Crippen LogP contribution in [0.25, 0.3) is 0 Å². The van der Waals surface area contributed by atoms with Crippen molar-refractivity contribution in [2.45, 2.75) is 13.0 Å². The molecule has 134 valence electrons. The maximum Gasteiger partial charge on any atom is 0.265 e. The average Bonchev–Trinajstić information content (AvgIpc) is 2.51. The molecule has 2 rings (SSSR count). The summed E-state index contributed by atoms with van der Waals surface area (Å²) in [5.41, 5.74) is 0.911. The number of hydrogen-bond donors (Lipinski definition) is 2. The van der Waals surface area contributed by atoms with Crippen molar-refractivity contribution in [3.05, 3.63) is 52.5 Å². The van der Waals surface area contributed by atoms with Crippen molar-refractivity contribution in [1.29, 1.82) is 0 Å². The van der Waals surface area contributed by atoms with Crippen molar-refractivity contribution < 1.29 is 17.9 Å². The van der Waals surface area contributed by atoms with Crippen LogP contribution in [-0.2, 0) is 14.8 Å². The molecule has 0 bridgehead atoms. The molecule has 6 nitrogen and oxygen atoms in total. The van der Waals surface area contributed by atoms with E-state index in [-0.39, 0.29) is 5.91 Å². The molecule has 0 radical (unpaired) electrons. The predicted molar refractivity (Wildman–Crippen MR) is 100 cm³/mol. The van der Waals surface area contributed by atoms with Crippen molar-refractivity contribution >= 4 is 50.5 Å². The lowest BCUT2D eigenvalue weighted by Gasteiger charge is -2.15. The molecule has 0 aromatic heterocycles. The lowest BCUT2D eigenvalue weighted by molar-refractivity contribution is -0.122. The molecule has 2 aromatic carbocycles. The number of carbonyl (C=O) groups excluding carboxylic acids is 1. The van der Waals surface area contributed by atoms with E-state index in [1.54, 1.807) is 43.3 Å². The van der Waals surface area contributed by atoms with Gasteiger partial charge in [-0.25, -0.2) is 8.42 Å². The molecule has 0 aliphatic heterocycles. The van der Waals surface area contributed by atoms with Gasteiger partial charge < -0.3 is 10.1 Å². The second kappa shape index (κ2) is 7.95. The Balaban J connectivity index is 1.97. The maximum absolute atomic E-state index is 12.2. The molecule has 1 unspecified atom stereocenters. The number of amides is 1. The summed E-state index contributed by atoms with van der Waals surface area (Å²) in [5.74, 6) is 0.0552. The summed E-state index contributed by atoms with van der Waals surface area (Å²) < 4.78 is 30.2. The molecule has 0 saturated carbocycles. The van der Waals surface area contributed by atoms with E-state index in [4.69, 9.17) is 27.9 Å². The molecule has 0 saturated heterocycles. The summed E-state index contributed by atoms with van der Waals surface area (Å²) in [6.45, 7) is 1.59. The molecule has 2 N–H and O–H groups in total. The zero-order chi connectivity index (χ0) is 18.6. The first-order valence-electron chi connectivity index (χ1n) is 7.14. The van der Waals surface area contributed by atoms with E-state index in [9.17, 15) is 13.2 Å². The fourth-order valence-corrected chi connectivity index (χ4v) is 2.74. The molecular formula is C16H16Cl2N2O4S. The van der Waals surface area contributed by atoms with E-state index in [2.05, 4.69) is 10.0 Å². The highest BCUT2D eigenvalue weighted by Gasteiger charge is 2.15. The predicted octanol–water partition coefficient (Wildman–Crippen LogP) is 3.77. The van der Waals surface area contributed by atoms with E-state index in [1.165, 1.54) is 6.07 Å². The lowest BCUT2D eigenvalue weighted by atomic mass is 10.2. The molecule has 25 heavy (non-hydrogen) atoms. The van der Waals surface area contributed by atoms with E-state index < -0.39 is 16.1 Å². The van der Waals surface area contributed by atoms with Crippen LogP contribution in [0.5, 0.6) is 5.75 Å². The summed E-state index contributed by atoms with van der Waals surface area (Å²) >= 11 is 11.7. The Hall–Kier alpha value is -1.96. The van der Waals surface area contributed by atoms with Crippen LogP contribution in [0.3, 0.4) is 0 Å². The van der Waals surface area contributed by atoms with Crippen molar-refractivity contribution in [2.75, 3.05) is 16.3 Å². The summed E-state index contributed by atoms with van der Waals surface area (Å²) in [5, 5.41) is 3.41. The second-order valence-electron chi connectivity index (χ2n) is 5.28. The van der Waals surface area contributed by atoms with E-state index >= 15 is 0 Å². The van der Waals surface area contributed by atoms with Gasteiger partial charge in [0.2, 0.25) is 10.0 Å². The third kappa shape index (κ3) is 6.12. The third-order valence-electron chi connectivity index (χ3n) is 3.03. The Morgan fingerprint density at radius 3 is 2.20 bits per heavy atom. The number of rotatable bonds is 6. The minimum absolute atomic E-state index is 0.334. The molecule has 0 spiro atoms. The molecule has 2 aromatic rings. The van der Waals surface area contributed by atoms with Crippen LogP contribution < -0.4 is 14.8 Å². The van der Waals surface area contributed by atoms with Crippen LogP contribution >= 0.6 is 23.2 Å². The number of benzene rings is 2. The van der Waals surface area contributed by atoms with Gasteiger partial charge in [0.25, 0.3) is 5.91 Å². The van der Waals surface area contributed by atoms with Crippen molar-refractivity contribution in [2.24, 2.45) is 0 Å². The van der Waals surface area contributed by atoms with E-state index in [0.717, 1.165) is 6.26 Å². The van der Waals surface area contributed by atoms with Gasteiger partial charge in [-0.05, 0) is 43.3 Å². The Bertz CT molecular complexity index is 870. The number of anilines is 2. The van der Waals surface area contributed by atoms with Crippen molar-refractivity contribution in [3.8, 4) is 5.75 Å². The molecule has 9 heteroatoms. The minimum Gasteiger partial charge on any atom is -0.481 e. The number of sulfonamides is 1. The zero-order valence-electron chi connectivity index (χ0n) is 13.4. The number of ether oxygens (including phenoxy) is 1. The first-order chi connectivity index (χ1) is 11.6. The highest BCUT2D eigenvalue weighted by molar-refractivity contribution is 7.92. The summed E-state index contributed by atoms with van der Waals surface area (Å²) in [4.78, 5) is 12.2. The highest BCUT2D eigenvalue weighted by atomic mass is 35.5. The number of nitrogens with one attached hydrogen (secondary N) is 2. The van der Waals surface area contributed by atoms with Crippen molar-refractivity contribution in [3.63, 3.8) is 0 Å².